The number of rotatable bonds is 7. The molecule has 2 aromatic rings. The molecule has 0 spiro atoms. The average molecular weight is 310 g/mol. The van der Waals surface area contributed by atoms with Crippen LogP contribution in [-0.2, 0) is 17.9 Å². The molecule has 0 saturated carbocycles. The number of carbonyl (C=O) groups excluding carboxylic acids is 1. The Hall–Kier alpha value is -2.13. The molecule has 0 aliphatic rings. The zero-order valence-corrected chi connectivity index (χ0v) is 14.0. The van der Waals surface area contributed by atoms with E-state index >= 15 is 0 Å². The van der Waals surface area contributed by atoms with Gasteiger partial charge in [0.1, 0.15) is 0 Å². The number of amides is 1. The molecule has 0 radical (unpaired) electrons. The van der Waals surface area contributed by atoms with E-state index in [0.29, 0.717) is 25.4 Å². The van der Waals surface area contributed by atoms with Crippen LogP contribution in [0.5, 0.6) is 0 Å². The lowest BCUT2D eigenvalue weighted by atomic mass is 10.0. The van der Waals surface area contributed by atoms with Crippen molar-refractivity contribution in [1.29, 1.82) is 0 Å². The highest BCUT2D eigenvalue weighted by molar-refractivity contribution is 5.81. The maximum atomic E-state index is 12.8. The molecule has 0 bridgehead atoms. The van der Waals surface area contributed by atoms with Gasteiger partial charge in [0.05, 0.1) is 6.04 Å². The summed E-state index contributed by atoms with van der Waals surface area (Å²) in [5, 5.41) is 0. The van der Waals surface area contributed by atoms with Crippen molar-refractivity contribution in [1.82, 2.24) is 4.90 Å². The first-order valence-electron chi connectivity index (χ1n) is 8.18. The van der Waals surface area contributed by atoms with Crippen LogP contribution >= 0.6 is 0 Å². The van der Waals surface area contributed by atoms with Gasteiger partial charge in [0.15, 0.2) is 0 Å². The molecule has 1 amide bonds. The molecular weight excluding hydrogens is 284 g/mol. The topological polar surface area (TPSA) is 46.3 Å². The Kier molecular flexibility index (Phi) is 6.36. The lowest BCUT2D eigenvalue weighted by Gasteiger charge is -2.27. The molecular formula is C20H26N2O. The van der Waals surface area contributed by atoms with E-state index in [-0.39, 0.29) is 5.91 Å². The molecule has 0 unspecified atom stereocenters. The number of nitrogens with zero attached hydrogens (tertiary/aromatic N) is 1. The zero-order valence-electron chi connectivity index (χ0n) is 14.0. The van der Waals surface area contributed by atoms with Gasteiger partial charge in [0.2, 0.25) is 5.91 Å². The maximum absolute atomic E-state index is 12.8. The van der Waals surface area contributed by atoms with Crippen LogP contribution in [-0.4, -0.2) is 16.8 Å². The molecule has 0 aliphatic heterocycles. The Morgan fingerprint density at radius 1 is 0.913 bits per heavy atom. The third kappa shape index (κ3) is 5.53. The second-order valence-corrected chi connectivity index (χ2v) is 6.40. The van der Waals surface area contributed by atoms with Gasteiger partial charge in [-0.15, -0.1) is 0 Å². The molecule has 2 rings (SSSR count). The Morgan fingerprint density at radius 2 is 1.35 bits per heavy atom. The highest BCUT2D eigenvalue weighted by Gasteiger charge is 2.22. The molecule has 0 aromatic heterocycles. The van der Waals surface area contributed by atoms with E-state index in [2.05, 4.69) is 13.8 Å². The van der Waals surface area contributed by atoms with Gasteiger partial charge in [-0.3, -0.25) is 4.79 Å². The van der Waals surface area contributed by atoms with Gasteiger partial charge in [0.25, 0.3) is 0 Å². The van der Waals surface area contributed by atoms with E-state index in [0.717, 1.165) is 11.1 Å². The molecule has 0 heterocycles. The van der Waals surface area contributed by atoms with Crippen molar-refractivity contribution in [2.75, 3.05) is 0 Å². The number of carbonyl (C=O) groups is 1. The predicted octanol–water partition coefficient (Wildman–Crippen LogP) is 3.59. The summed E-state index contributed by atoms with van der Waals surface area (Å²) in [5.41, 5.74) is 8.37. The van der Waals surface area contributed by atoms with E-state index < -0.39 is 6.04 Å². The minimum Gasteiger partial charge on any atom is -0.333 e. The summed E-state index contributed by atoms with van der Waals surface area (Å²) < 4.78 is 0. The fourth-order valence-corrected chi connectivity index (χ4v) is 2.66. The molecule has 122 valence electrons. The van der Waals surface area contributed by atoms with Gasteiger partial charge in [0, 0.05) is 13.1 Å². The first-order chi connectivity index (χ1) is 11.1. The fourth-order valence-electron chi connectivity index (χ4n) is 2.66. The standard InChI is InChI=1S/C20H26N2O/c1-16(2)13-19(21)20(23)22(14-17-9-5-3-6-10-17)15-18-11-7-4-8-12-18/h3-12,16,19H,13-15,21H2,1-2H3/t19-/m0/s1. The smallest absolute Gasteiger partial charge is 0.240 e. The van der Waals surface area contributed by atoms with Crippen LogP contribution in [0.3, 0.4) is 0 Å². The van der Waals surface area contributed by atoms with Crippen LogP contribution in [0.1, 0.15) is 31.4 Å². The lowest BCUT2D eigenvalue weighted by Crippen LogP contribution is -2.43. The molecule has 2 N–H and O–H groups in total. The highest BCUT2D eigenvalue weighted by Crippen LogP contribution is 2.13. The molecule has 1 atom stereocenters. The normalized spacial score (nSPS) is 12.2. The largest absolute Gasteiger partial charge is 0.333 e. The van der Waals surface area contributed by atoms with Crippen LogP contribution in [0.4, 0.5) is 0 Å². The summed E-state index contributed by atoms with van der Waals surface area (Å²) in [7, 11) is 0. The van der Waals surface area contributed by atoms with E-state index in [9.17, 15) is 4.79 Å². The number of nitrogens with two attached hydrogens (primary N) is 1. The van der Waals surface area contributed by atoms with Crippen LogP contribution in [0, 0.1) is 5.92 Å². The van der Waals surface area contributed by atoms with Gasteiger partial charge >= 0.3 is 0 Å². The molecule has 0 saturated heterocycles. The minimum atomic E-state index is -0.442. The summed E-state index contributed by atoms with van der Waals surface area (Å²) in [6.07, 6.45) is 0.707. The van der Waals surface area contributed by atoms with Crippen LogP contribution < -0.4 is 5.73 Å². The third-order valence-corrected chi connectivity index (χ3v) is 3.79. The van der Waals surface area contributed by atoms with Crippen molar-refractivity contribution < 1.29 is 4.79 Å². The Labute approximate surface area is 139 Å². The second-order valence-electron chi connectivity index (χ2n) is 6.40. The number of hydrogen-bond donors (Lipinski definition) is 1. The first kappa shape index (κ1) is 17.2. The molecule has 0 aliphatic carbocycles. The second kappa shape index (κ2) is 8.49. The van der Waals surface area contributed by atoms with Crippen molar-refractivity contribution in [2.45, 2.75) is 39.4 Å². The molecule has 3 nitrogen and oxygen atoms in total. The van der Waals surface area contributed by atoms with Gasteiger partial charge < -0.3 is 10.6 Å². The molecule has 23 heavy (non-hydrogen) atoms. The van der Waals surface area contributed by atoms with Crippen molar-refractivity contribution in [3.8, 4) is 0 Å². The van der Waals surface area contributed by atoms with E-state index in [1.54, 1.807) is 0 Å². The summed E-state index contributed by atoms with van der Waals surface area (Å²) in [6.45, 7) is 5.35. The molecule has 2 aromatic carbocycles. The van der Waals surface area contributed by atoms with Crippen molar-refractivity contribution in [3.63, 3.8) is 0 Å². The summed E-state index contributed by atoms with van der Waals surface area (Å²) >= 11 is 0. The molecule has 3 heteroatoms. The van der Waals surface area contributed by atoms with Gasteiger partial charge in [-0.05, 0) is 23.5 Å². The SMILES string of the molecule is CC(C)C[C@H](N)C(=O)N(Cc1ccccc1)Cc1ccccc1. The van der Waals surface area contributed by atoms with E-state index in [1.807, 2.05) is 65.6 Å². The predicted molar refractivity (Wildman–Crippen MR) is 94.6 cm³/mol. The van der Waals surface area contributed by atoms with Crippen LogP contribution in [0.15, 0.2) is 60.7 Å². The Bertz CT molecular complexity index is 554. The van der Waals surface area contributed by atoms with Crippen molar-refractivity contribution in [2.24, 2.45) is 11.7 Å². The summed E-state index contributed by atoms with van der Waals surface area (Å²) in [5.74, 6) is 0.427. The van der Waals surface area contributed by atoms with Gasteiger partial charge in [-0.1, -0.05) is 74.5 Å². The highest BCUT2D eigenvalue weighted by atomic mass is 16.2. The van der Waals surface area contributed by atoms with E-state index in [4.69, 9.17) is 5.73 Å². The van der Waals surface area contributed by atoms with Crippen molar-refractivity contribution in [3.05, 3.63) is 71.8 Å². The average Bonchev–Trinajstić information content (AvgIpc) is 2.55. The zero-order chi connectivity index (χ0) is 16.7. The maximum Gasteiger partial charge on any atom is 0.240 e. The summed E-state index contributed by atoms with van der Waals surface area (Å²) in [6, 6.07) is 19.7. The number of hydrogen-bond acceptors (Lipinski definition) is 2. The van der Waals surface area contributed by atoms with Crippen molar-refractivity contribution >= 4 is 5.91 Å². The molecule has 0 fully saturated rings. The quantitative estimate of drug-likeness (QED) is 0.849. The first-order valence-corrected chi connectivity index (χ1v) is 8.18. The summed E-state index contributed by atoms with van der Waals surface area (Å²) in [4.78, 5) is 14.6. The van der Waals surface area contributed by atoms with Gasteiger partial charge in [-0.25, -0.2) is 0 Å². The monoisotopic (exact) mass is 310 g/mol. The third-order valence-electron chi connectivity index (χ3n) is 3.79. The van der Waals surface area contributed by atoms with Crippen LogP contribution in [0.25, 0.3) is 0 Å². The van der Waals surface area contributed by atoms with E-state index in [1.165, 1.54) is 0 Å². The van der Waals surface area contributed by atoms with Crippen LogP contribution in [0.2, 0.25) is 0 Å². The Balaban J connectivity index is 2.15. The number of benzene rings is 2. The minimum absolute atomic E-state index is 0.0198. The fraction of sp³-hybridized carbons (Fsp3) is 0.350. The lowest BCUT2D eigenvalue weighted by molar-refractivity contribution is -0.134. The Morgan fingerprint density at radius 3 is 1.74 bits per heavy atom. The van der Waals surface area contributed by atoms with Gasteiger partial charge in [-0.2, -0.15) is 0 Å².